The number of morpholine rings is 1. The van der Waals surface area contributed by atoms with Gasteiger partial charge in [-0.3, -0.25) is 0 Å². The van der Waals surface area contributed by atoms with Crippen LogP contribution in [-0.4, -0.2) is 48.9 Å². The van der Waals surface area contributed by atoms with Gasteiger partial charge in [0.25, 0.3) is 0 Å². The molecule has 4 rings (SSSR count). The normalized spacial score (nSPS) is 20.2. The predicted octanol–water partition coefficient (Wildman–Crippen LogP) is 1.24. The van der Waals surface area contributed by atoms with E-state index in [0.717, 1.165) is 55.5 Å². The summed E-state index contributed by atoms with van der Waals surface area (Å²) in [7, 11) is 0. The molecule has 23 heavy (non-hydrogen) atoms. The Hall–Kier alpha value is -2.18. The molecule has 1 aromatic carbocycles. The van der Waals surface area contributed by atoms with Crippen LogP contribution in [0.15, 0.2) is 30.6 Å². The van der Waals surface area contributed by atoms with Gasteiger partial charge in [0.1, 0.15) is 24.0 Å². The smallest absolute Gasteiger partial charge is 0.132 e. The SMILES string of the molecule is NCC1Cc2cccc(-c3cc(N4CCOCC4)ncn3)c2O1. The highest BCUT2D eigenvalue weighted by Crippen LogP contribution is 2.38. The van der Waals surface area contributed by atoms with Crippen LogP contribution < -0.4 is 15.4 Å². The zero-order valence-corrected chi connectivity index (χ0v) is 12.9. The fourth-order valence-corrected chi connectivity index (χ4v) is 3.13. The fourth-order valence-electron chi connectivity index (χ4n) is 3.13. The van der Waals surface area contributed by atoms with Gasteiger partial charge in [-0.25, -0.2) is 9.97 Å². The van der Waals surface area contributed by atoms with Crippen molar-refractivity contribution < 1.29 is 9.47 Å². The highest BCUT2D eigenvalue weighted by Gasteiger charge is 2.25. The minimum Gasteiger partial charge on any atom is -0.488 e. The Bertz CT molecular complexity index is 701. The summed E-state index contributed by atoms with van der Waals surface area (Å²) in [5.74, 6) is 1.85. The zero-order valence-electron chi connectivity index (χ0n) is 12.9. The summed E-state index contributed by atoms with van der Waals surface area (Å²) in [5.41, 5.74) is 8.85. The molecular formula is C17H20N4O2. The summed E-state index contributed by atoms with van der Waals surface area (Å²) in [4.78, 5) is 11.1. The molecule has 0 saturated carbocycles. The number of hydrogen-bond acceptors (Lipinski definition) is 6. The van der Waals surface area contributed by atoms with E-state index in [9.17, 15) is 0 Å². The number of fused-ring (bicyclic) bond motifs is 1. The first-order chi connectivity index (χ1) is 11.3. The van der Waals surface area contributed by atoms with E-state index in [1.165, 1.54) is 5.56 Å². The third-order valence-corrected chi connectivity index (χ3v) is 4.36. The van der Waals surface area contributed by atoms with Crippen LogP contribution in [0.1, 0.15) is 5.56 Å². The summed E-state index contributed by atoms with van der Waals surface area (Å²) < 4.78 is 11.4. The Balaban J connectivity index is 1.68. The minimum absolute atomic E-state index is 0.0618. The van der Waals surface area contributed by atoms with Gasteiger partial charge in [0.05, 0.1) is 18.9 Å². The molecule has 2 N–H and O–H groups in total. The molecule has 1 unspecified atom stereocenters. The van der Waals surface area contributed by atoms with Crippen molar-refractivity contribution in [3.63, 3.8) is 0 Å². The average molecular weight is 312 g/mol. The Labute approximate surface area is 135 Å². The molecule has 2 aliphatic heterocycles. The van der Waals surface area contributed by atoms with Crippen LogP contribution in [0.3, 0.4) is 0 Å². The van der Waals surface area contributed by atoms with E-state index in [1.54, 1.807) is 6.33 Å². The highest BCUT2D eigenvalue weighted by molar-refractivity contribution is 5.72. The molecule has 0 aliphatic carbocycles. The van der Waals surface area contributed by atoms with Crippen molar-refractivity contribution in [2.24, 2.45) is 5.73 Å². The number of anilines is 1. The van der Waals surface area contributed by atoms with Crippen LogP contribution in [0.4, 0.5) is 5.82 Å². The summed E-state index contributed by atoms with van der Waals surface area (Å²) in [6.45, 7) is 3.71. The number of hydrogen-bond donors (Lipinski definition) is 1. The highest BCUT2D eigenvalue weighted by atomic mass is 16.5. The van der Waals surface area contributed by atoms with Crippen LogP contribution >= 0.6 is 0 Å². The Morgan fingerprint density at radius 2 is 2.09 bits per heavy atom. The van der Waals surface area contributed by atoms with E-state index in [0.29, 0.717) is 6.54 Å². The van der Waals surface area contributed by atoms with Crippen LogP contribution in [0.2, 0.25) is 0 Å². The van der Waals surface area contributed by atoms with E-state index in [2.05, 4.69) is 20.9 Å². The monoisotopic (exact) mass is 312 g/mol. The summed E-state index contributed by atoms with van der Waals surface area (Å²) in [6, 6.07) is 8.22. The van der Waals surface area contributed by atoms with E-state index in [-0.39, 0.29) is 6.10 Å². The predicted molar refractivity (Wildman–Crippen MR) is 87.7 cm³/mol. The van der Waals surface area contributed by atoms with Crippen molar-refractivity contribution in [1.29, 1.82) is 0 Å². The van der Waals surface area contributed by atoms with Gasteiger partial charge in [-0.2, -0.15) is 0 Å². The Morgan fingerprint density at radius 3 is 2.91 bits per heavy atom. The molecule has 0 bridgehead atoms. The van der Waals surface area contributed by atoms with Gasteiger partial charge >= 0.3 is 0 Å². The first kappa shape index (κ1) is 14.4. The van der Waals surface area contributed by atoms with Gasteiger partial charge in [0.15, 0.2) is 0 Å². The quantitative estimate of drug-likeness (QED) is 0.919. The third kappa shape index (κ3) is 2.75. The summed E-state index contributed by atoms with van der Waals surface area (Å²) >= 11 is 0. The van der Waals surface area contributed by atoms with Crippen molar-refractivity contribution in [3.8, 4) is 17.0 Å². The van der Waals surface area contributed by atoms with Crippen LogP contribution in [0.5, 0.6) is 5.75 Å². The molecule has 1 fully saturated rings. The second-order valence-electron chi connectivity index (χ2n) is 5.83. The van der Waals surface area contributed by atoms with Crippen LogP contribution in [0, 0.1) is 0 Å². The topological polar surface area (TPSA) is 73.5 Å². The maximum absolute atomic E-state index is 6.01. The van der Waals surface area contributed by atoms with E-state index >= 15 is 0 Å². The Morgan fingerprint density at radius 1 is 1.22 bits per heavy atom. The van der Waals surface area contributed by atoms with E-state index in [1.807, 2.05) is 18.2 Å². The molecule has 1 atom stereocenters. The minimum atomic E-state index is 0.0618. The third-order valence-electron chi connectivity index (χ3n) is 4.36. The second-order valence-corrected chi connectivity index (χ2v) is 5.83. The number of nitrogens with two attached hydrogens (primary N) is 1. The lowest BCUT2D eigenvalue weighted by atomic mass is 10.0. The zero-order chi connectivity index (χ0) is 15.6. The molecule has 1 aromatic heterocycles. The number of rotatable bonds is 3. The van der Waals surface area contributed by atoms with Gasteiger partial charge in [-0.1, -0.05) is 12.1 Å². The lowest BCUT2D eigenvalue weighted by Gasteiger charge is -2.27. The molecule has 0 spiro atoms. The summed E-state index contributed by atoms with van der Waals surface area (Å²) in [6.07, 6.45) is 2.54. The van der Waals surface area contributed by atoms with Crippen molar-refractivity contribution >= 4 is 5.82 Å². The number of aromatic nitrogens is 2. The van der Waals surface area contributed by atoms with E-state index in [4.69, 9.17) is 15.2 Å². The molecule has 6 heteroatoms. The standard InChI is InChI=1S/C17H20N4O2/c18-10-13-8-12-2-1-3-14(17(12)23-13)15-9-16(20-11-19-15)21-4-6-22-7-5-21/h1-3,9,11,13H,4-8,10,18H2. The molecular weight excluding hydrogens is 292 g/mol. The van der Waals surface area contributed by atoms with Gasteiger partial charge in [0, 0.05) is 37.7 Å². The van der Waals surface area contributed by atoms with Gasteiger partial charge in [-0.15, -0.1) is 0 Å². The van der Waals surface area contributed by atoms with Crippen LogP contribution in [-0.2, 0) is 11.2 Å². The second kappa shape index (κ2) is 6.14. The lowest BCUT2D eigenvalue weighted by Crippen LogP contribution is -2.36. The van der Waals surface area contributed by atoms with Crippen molar-refractivity contribution in [1.82, 2.24) is 9.97 Å². The van der Waals surface area contributed by atoms with Gasteiger partial charge in [-0.05, 0) is 11.6 Å². The molecule has 2 aromatic rings. The van der Waals surface area contributed by atoms with Crippen LogP contribution in [0.25, 0.3) is 11.3 Å². The fraction of sp³-hybridized carbons (Fsp3) is 0.412. The molecule has 2 aliphatic rings. The molecule has 1 saturated heterocycles. The van der Waals surface area contributed by atoms with Crippen molar-refractivity contribution in [3.05, 3.63) is 36.2 Å². The molecule has 120 valence electrons. The molecule has 6 nitrogen and oxygen atoms in total. The number of ether oxygens (including phenoxy) is 2. The molecule has 3 heterocycles. The number of para-hydroxylation sites is 1. The van der Waals surface area contributed by atoms with Crippen molar-refractivity contribution in [2.45, 2.75) is 12.5 Å². The van der Waals surface area contributed by atoms with Crippen molar-refractivity contribution in [2.75, 3.05) is 37.7 Å². The lowest BCUT2D eigenvalue weighted by molar-refractivity contribution is 0.122. The van der Waals surface area contributed by atoms with Gasteiger partial charge < -0.3 is 20.1 Å². The largest absolute Gasteiger partial charge is 0.488 e. The molecule has 0 radical (unpaired) electrons. The number of benzene rings is 1. The maximum Gasteiger partial charge on any atom is 0.132 e. The average Bonchev–Trinajstić information content (AvgIpc) is 3.06. The summed E-state index contributed by atoms with van der Waals surface area (Å²) in [5, 5.41) is 0. The Kier molecular flexibility index (Phi) is 3.85. The maximum atomic E-state index is 6.01. The molecule has 0 amide bonds. The first-order valence-corrected chi connectivity index (χ1v) is 7.99. The first-order valence-electron chi connectivity index (χ1n) is 7.99. The van der Waals surface area contributed by atoms with E-state index < -0.39 is 0 Å². The number of nitrogens with zero attached hydrogens (tertiary/aromatic N) is 3. The van der Waals surface area contributed by atoms with Gasteiger partial charge in [0.2, 0.25) is 0 Å².